The van der Waals surface area contributed by atoms with Crippen LogP contribution >= 0.6 is 11.3 Å². The fourth-order valence-electron chi connectivity index (χ4n) is 4.14. The summed E-state index contributed by atoms with van der Waals surface area (Å²) in [7, 11) is 0.122. The first-order valence-corrected chi connectivity index (χ1v) is 12.2. The Bertz CT molecular complexity index is 1080. The fourth-order valence-corrected chi connectivity index (χ4v) is 6.11. The number of carbonyl (C=O) groups is 2. The van der Waals surface area contributed by atoms with E-state index in [0.29, 0.717) is 17.9 Å². The first-order chi connectivity index (χ1) is 15.0. The van der Waals surface area contributed by atoms with Crippen molar-refractivity contribution < 1.29 is 13.8 Å². The Morgan fingerprint density at radius 1 is 1.23 bits per heavy atom. The molecule has 3 N–H and O–H groups in total. The van der Waals surface area contributed by atoms with Gasteiger partial charge < -0.3 is 15.4 Å². The second-order valence-corrected chi connectivity index (χ2v) is 10.1. The van der Waals surface area contributed by atoms with Crippen LogP contribution in [0, 0.1) is 5.92 Å². The summed E-state index contributed by atoms with van der Waals surface area (Å²) in [6.07, 6.45) is 3.04. The van der Waals surface area contributed by atoms with E-state index in [-0.39, 0.29) is 11.9 Å². The molecule has 31 heavy (non-hydrogen) atoms. The van der Waals surface area contributed by atoms with Gasteiger partial charge in [0.05, 0.1) is 4.90 Å². The van der Waals surface area contributed by atoms with Crippen LogP contribution in [0.3, 0.4) is 0 Å². The topological polar surface area (TPSA) is 87.3 Å². The van der Waals surface area contributed by atoms with Gasteiger partial charge in [0.2, 0.25) is 0 Å². The second kappa shape index (κ2) is 9.30. The maximum absolute atomic E-state index is 12.8. The van der Waals surface area contributed by atoms with Gasteiger partial charge in [-0.05, 0) is 48.1 Å². The Hall–Kier alpha value is -2.55. The number of hydrogen-bond acceptors (Lipinski definition) is 4. The van der Waals surface area contributed by atoms with Crippen LogP contribution in [0.4, 0.5) is 4.79 Å². The van der Waals surface area contributed by atoms with Crippen LogP contribution < -0.4 is 15.4 Å². The Labute approximate surface area is 188 Å². The molecule has 1 heterocycles. The number of amides is 2. The summed E-state index contributed by atoms with van der Waals surface area (Å²) in [6.45, 7) is 0.382. The summed E-state index contributed by atoms with van der Waals surface area (Å²) < 4.78 is 17.1. The highest BCUT2D eigenvalue weighted by Gasteiger charge is 2.44. The lowest BCUT2D eigenvalue weighted by Gasteiger charge is -2.31. The van der Waals surface area contributed by atoms with E-state index in [2.05, 4.69) is 33.6 Å². The normalized spacial score (nSPS) is 21.6. The van der Waals surface area contributed by atoms with Crippen LogP contribution in [0.25, 0.3) is 20.5 Å². The van der Waals surface area contributed by atoms with Crippen LogP contribution in [0.15, 0.2) is 59.5 Å². The van der Waals surface area contributed by atoms with Crippen molar-refractivity contribution in [3.8, 4) is 10.4 Å². The molecule has 4 rings (SSSR count). The van der Waals surface area contributed by atoms with Gasteiger partial charge >= 0.3 is 6.03 Å². The van der Waals surface area contributed by atoms with E-state index in [4.69, 9.17) is 0 Å². The third-order valence-corrected chi connectivity index (χ3v) is 8.19. The molecule has 1 fully saturated rings. The van der Waals surface area contributed by atoms with E-state index in [1.807, 2.05) is 36.4 Å². The molecule has 0 aliphatic heterocycles. The van der Waals surface area contributed by atoms with Gasteiger partial charge in [0, 0.05) is 29.1 Å². The maximum Gasteiger partial charge on any atom is 0.315 e. The lowest BCUT2D eigenvalue weighted by Crippen LogP contribution is -2.56. The maximum atomic E-state index is 12.8. The molecule has 6 nitrogen and oxygen atoms in total. The molecule has 0 spiro atoms. The zero-order valence-electron chi connectivity index (χ0n) is 17.2. The van der Waals surface area contributed by atoms with Gasteiger partial charge in [-0.15, -0.1) is 11.3 Å². The minimum Gasteiger partial charge on any atom is -0.341 e. The standard InChI is InChI=1S/C23H25N3O3S2/c1-24-22(28)26-23(15-27)12-4-6-18(23)14-25-31(29)19-10-8-16(9-11-19)21-13-17-5-2-3-7-20(17)30-21/h2-3,5,7-11,13,15,18,25H,4,6,12,14H2,1H3,(H2,24,26,28). The number of carbonyl (C=O) groups excluding carboxylic acids is 2. The average Bonchev–Trinajstić information content (AvgIpc) is 3.41. The Balaban J connectivity index is 1.41. The summed E-state index contributed by atoms with van der Waals surface area (Å²) in [6, 6.07) is 17.8. The molecule has 3 atom stereocenters. The third-order valence-electron chi connectivity index (χ3n) is 5.89. The molecule has 1 aliphatic carbocycles. The molecule has 0 radical (unpaired) electrons. The molecule has 1 aliphatic rings. The number of hydrogen-bond donors (Lipinski definition) is 3. The third kappa shape index (κ3) is 4.56. The van der Waals surface area contributed by atoms with Crippen molar-refractivity contribution >= 4 is 44.7 Å². The van der Waals surface area contributed by atoms with E-state index in [9.17, 15) is 13.8 Å². The van der Waals surface area contributed by atoms with Gasteiger partial charge in [-0.1, -0.05) is 36.8 Å². The molecule has 0 saturated heterocycles. The van der Waals surface area contributed by atoms with Gasteiger partial charge in [0.25, 0.3) is 0 Å². The van der Waals surface area contributed by atoms with E-state index in [1.165, 1.54) is 22.0 Å². The van der Waals surface area contributed by atoms with Crippen LogP contribution in [0.1, 0.15) is 19.3 Å². The molecular formula is C23H25N3O3S2. The Morgan fingerprint density at radius 2 is 2.00 bits per heavy atom. The number of thiophene rings is 1. The van der Waals surface area contributed by atoms with Crippen molar-refractivity contribution in [3.63, 3.8) is 0 Å². The van der Waals surface area contributed by atoms with Crippen molar-refractivity contribution in [1.29, 1.82) is 0 Å². The lowest BCUT2D eigenvalue weighted by atomic mass is 9.88. The van der Waals surface area contributed by atoms with E-state index in [0.717, 1.165) is 24.7 Å². The lowest BCUT2D eigenvalue weighted by molar-refractivity contribution is -0.114. The number of nitrogens with one attached hydrogen (secondary N) is 3. The summed E-state index contributed by atoms with van der Waals surface area (Å²) in [5.74, 6) is -0.107. The average molecular weight is 456 g/mol. The number of rotatable bonds is 7. The first kappa shape index (κ1) is 21.7. The summed E-state index contributed by atoms with van der Waals surface area (Å²) >= 11 is 1.74. The van der Waals surface area contributed by atoms with Gasteiger partial charge in [0.1, 0.15) is 22.8 Å². The largest absolute Gasteiger partial charge is 0.341 e. The second-order valence-electron chi connectivity index (χ2n) is 7.74. The molecule has 162 valence electrons. The van der Waals surface area contributed by atoms with Crippen molar-refractivity contribution in [3.05, 3.63) is 54.6 Å². The summed E-state index contributed by atoms with van der Waals surface area (Å²) in [5.41, 5.74) is 0.176. The first-order valence-electron chi connectivity index (χ1n) is 10.3. The number of benzene rings is 2. The minimum absolute atomic E-state index is 0.107. The van der Waals surface area contributed by atoms with Crippen molar-refractivity contribution in [1.82, 2.24) is 15.4 Å². The number of aldehydes is 1. The SMILES string of the molecule is CNC(=O)NC1(C=O)CCCC1CNS(=O)c1ccc(-c2cc3ccccc3s2)cc1. The molecular weight excluding hydrogens is 430 g/mol. The number of fused-ring (bicyclic) bond motifs is 1. The van der Waals surface area contributed by atoms with Crippen LogP contribution in [-0.4, -0.2) is 35.7 Å². The van der Waals surface area contributed by atoms with E-state index < -0.39 is 16.5 Å². The highest BCUT2D eigenvalue weighted by molar-refractivity contribution is 7.83. The summed E-state index contributed by atoms with van der Waals surface area (Å²) in [5, 5.41) is 6.51. The molecule has 3 unspecified atom stereocenters. The van der Waals surface area contributed by atoms with Gasteiger partial charge in [-0.25, -0.2) is 13.7 Å². The smallest absolute Gasteiger partial charge is 0.315 e. The zero-order valence-corrected chi connectivity index (χ0v) is 18.9. The zero-order chi connectivity index (χ0) is 21.8. The Kier molecular flexibility index (Phi) is 6.50. The molecule has 2 amide bonds. The van der Waals surface area contributed by atoms with E-state index in [1.54, 1.807) is 11.3 Å². The summed E-state index contributed by atoms with van der Waals surface area (Å²) in [4.78, 5) is 25.4. The highest BCUT2D eigenvalue weighted by Crippen LogP contribution is 2.35. The molecule has 3 aromatic rings. The highest BCUT2D eigenvalue weighted by atomic mass is 32.2. The predicted molar refractivity (Wildman–Crippen MR) is 125 cm³/mol. The molecule has 1 saturated carbocycles. The van der Waals surface area contributed by atoms with Gasteiger partial charge in [-0.3, -0.25) is 0 Å². The quantitative estimate of drug-likeness (QED) is 0.473. The van der Waals surface area contributed by atoms with E-state index >= 15 is 0 Å². The molecule has 1 aromatic heterocycles. The van der Waals surface area contributed by atoms with Crippen molar-refractivity contribution in [2.45, 2.75) is 29.7 Å². The van der Waals surface area contributed by atoms with Crippen LogP contribution in [-0.2, 0) is 15.8 Å². The Morgan fingerprint density at radius 3 is 2.71 bits per heavy atom. The fraction of sp³-hybridized carbons (Fsp3) is 0.304. The van der Waals surface area contributed by atoms with Crippen LogP contribution in [0.5, 0.6) is 0 Å². The van der Waals surface area contributed by atoms with Crippen molar-refractivity contribution in [2.24, 2.45) is 5.92 Å². The minimum atomic E-state index is -1.40. The molecule has 2 aromatic carbocycles. The molecule has 8 heteroatoms. The van der Waals surface area contributed by atoms with Crippen LogP contribution in [0.2, 0.25) is 0 Å². The van der Waals surface area contributed by atoms with Gasteiger partial charge in [0.15, 0.2) is 0 Å². The molecule has 0 bridgehead atoms. The van der Waals surface area contributed by atoms with Gasteiger partial charge in [-0.2, -0.15) is 0 Å². The van der Waals surface area contributed by atoms with Crippen molar-refractivity contribution in [2.75, 3.05) is 13.6 Å². The number of urea groups is 1. The predicted octanol–water partition coefficient (Wildman–Crippen LogP) is 3.85. The monoisotopic (exact) mass is 455 g/mol.